The van der Waals surface area contributed by atoms with E-state index in [1.807, 2.05) is 0 Å². The number of piperidine rings is 2. The van der Waals surface area contributed by atoms with Crippen molar-refractivity contribution < 1.29 is 19.0 Å². The molecule has 0 radical (unpaired) electrons. The molecular weight excluding hydrogens is 462 g/mol. The number of para-hydroxylation sites is 1. The van der Waals surface area contributed by atoms with Gasteiger partial charge in [-0.05, 0) is 56.4 Å². The van der Waals surface area contributed by atoms with Crippen molar-refractivity contribution in [1.82, 2.24) is 15.2 Å². The Labute approximate surface area is 210 Å². The summed E-state index contributed by atoms with van der Waals surface area (Å²) < 4.78 is 17.5. The Balaban J connectivity index is 1.29. The summed E-state index contributed by atoms with van der Waals surface area (Å²) in [6, 6.07) is 10.9. The summed E-state index contributed by atoms with van der Waals surface area (Å²) in [5.41, 5.74) is 2.88. The average molecular weight is 496 g/mol. The monoisotopic (exact) mass is 495 g/mol. The molecule has 1 aromatic heterocycles. The van der Waals surface area contributed by atoms with Crippen LogP contribution in [0.1, 0.15) is 53.0 Å². The molecule has 2 fully saturated rings. The van der Waals surface area contributed by atoms with Crippen molar-refractivity contribution in [3.63, 3.8) is 0 Å². The van der Waals surface area contributed by atoms with Crippen molar-refractivity contribution in [2.24, 2.45) is 0 Å². The number of carbonyl (C=O) groups is 1. The topological polar surface area (TPSA) is 72.9 Å². The van der Waals surface area contributed by atoms with Crippen LogP contribution in [-0.2, 0) is 6.54 Å². The summed E-state index contributed by atoms with van der Waals surface area (Å²) in [5, 5.41) is 4.47. The zero-order chi connectivity index (χ0) is 24.5. The molecule has 2 aliphatic rings. The van der Waals surface area contributed by atoms with E-state index in [-0.39, 0.29) is 11.9 Å². The van der Waals surface area contributed by atoms with Gasteiger partial charge in [0.2, 0.25) is 5.75 Å². The Bertz CT molecular complexity index is 1190. The summed E-state index contributed by atoms with van der Waals surface area (Å²) in [6.45, 7) is 3.02. The fourth-order valence-electron chi connectivity index (χ4n) is 5.69. The van der Waals surface area contributed by atoms with Gasteiger partial charge in [-0.2, -0.15) is 0 Å². The van der Waals surface area contributed by atoms with Crippen molar-refractivity contribution in [3.05, 3.63) is 46.5 Å². The predicted octanol–water partition coefficient (Wildman–Crippen LogP) is 4.95. The molecule has 3 heterocycles. The van der Waals surface area contributed by atoms with Gasteiger partial charge in [-0.25, -0.2) is 4.98 Å². The smallest absolute Gasteiger partial charge is 0.251 e. The number of thiazole rings is 1. The fraction of sp³-hybridized carbons (Fsp3) is 0.481. The van der Waals surface area contributed by atoms with Gasteiger partial charge in [0, 0.05) is 23.7 Å². The van der Waals surface area contributed by atoms with Crippen LogP contribution in [0.3, 0.4) is 0 Å². The molecule has 186 valence electrons. The van der Waals surface area contributed by atoms with E-state index >= 15 is 0 Å². The highest BCUT2D eigenvalue weighted by Crippen LogP contribution is 2.39. The molecule has 35 heavy (non-hydrogen) atoms. The Kier molecular flexibility index (Phi) is 6.84. The van der Waals surface area contributed by atoms with E-state index in [1.54, 1.807) is 44.8 Å². The minimum absolute atomic E-state index is 0.109. The van der Waals surface area contributed by atoms with E-state index in [4.69, 9.17) is 19.2 Å². The second kappa shape index (κ2) is 10.0. The van der Waals surface area contributed by atoms with Crippen LogP contribution in [0.4, 0.5) is 0 Å². The van der Waals surface area contributed by atoms with Crippen LogP contribution < -0.4 is 19.5 Å². The minimum Gasteiger partial charge on any atom is -0.493 e. The minimum atomic E-state index is -0.109. The molecule has 5 rings (SSSR count). The first kappa shape index (κ1) is 23.9. The maximum atomic E-state index is 13.2. The molecule has 3 aromatic rings. The quantitative estimate of drug-likeness (QED) is 0.500. The number of rotatable bonds is 7. The number of hydrogen-bond acceptors (Lipinski definition) is 7. The number of aryl methyl sites for hydroxylation is 1. The van der Waals surface area contributed by atoms with Gasteiger partial charge in [0.05, 0.1) is 38.1 Å². The van der Waals surface area contributed by atoms with Crippen LogP contribution in [0.2, 0.25) is 0 Å². The molecule has 8 heteroatoms. The molecule has 1 amide bonds. The molecule has 0 spiro atoms. The summed E-state index contributed by atoms with van der Waals surface area (Å²) in [5.74, 6) is 1.34. The summed E-state index contributed by atoms with van der Waals surface area (Å²) in [4.78, 5) is 20.8. The zero-order valence-electron chi connectivity index (χ0n) is 20.8. The molecule has 2 aromatic carbocycles. The second-order valence-corrected chi connectivity index (χ2v) is 10.6. The van der Waals surface area contributed by atoms with Gasteiger partial charge in [-0.15, -0.1) is 11.3 Å². The number of nitrogens with one attached hydrogen (secondary N) is 1. The summed E-state index contributed by atoms with van der Waals surface area (Å²) in [7, 11) is 4.67. The predicted molar refractivity (Wildman–Crippen MR) is 138 cm³/mol. The second-order valence-electron chi connectivity index (χ2n) is 9.50. The Morgan fingerprint density at radius 3 is 2.37 bits per heavy atom. The van der Waals surface area contributed by atoms with Gasteiger partial charge in [0.15, 0.2) is 11.5 Å². The number of amides is 1. The van der Waals surface area contributed by atoms with E-state index in [2.05, 4.69) is 35.3 Å². The van der Waals surface area contributed by atoms with E-state index in [0.29, 0.717) is 34.9 Å². The SMILES string of the molecule is COc1cc(C(=O)NC2CC3CCCC(C2)N3Cc2nc3c(C)cccc3s2)cc(OC)c1OC. The Morgan fingerprint density at radius 2 is 1.77 bits per heavy atom. The first-order chi connectivity index (χ1) is 17.0. The molecule has 2 atom stereocenters. The number of benzene rings is 2. The van der Waals surface area contributed by atoms with E-state index in [1.165, 1.54) is 21.7 Å². The lowest BCUT2D eigenvalue weighted by Gasteiger charge is -2.48. The summed E-state index contributed by atoms with van der Waals surface area (Å²) >= 11 is 1.81. The highest BCUT2D eigenvalue weighted by Gasteiger charge is 2.39. The number of fused-ring (bicyclic) bond motifs is 3. The number of aromatic nitrogens is 1. The van der Waals surface area contributed by atoms with Crippen molar-refractivity contribution in [2.45, 2.75) is 63.7 Å². The van der Waals surface area contributed by atoms with E-state index in [9.17, 15) is 4.79 Å². The summed E-state index contributed by atoms with van der Waals surface area (Å²) in [6.07, 6.45) is 5.49. The maximum Gasteiger partial charge on any atom is 0.251 e. The lowest BCUT2D eigenvalue weighted by molar-refractivity contribution is 0.0177. The van der Waals surface area contributed by atoms with E-state index < -0.39 is 0 Å². The van der Waals surface area contributed by atoms with Crippen molar-refractivity contribution >= 4 is 27.5 Å². The lowest BCUT2D eigenvalue weighted by Crippen LogP contribution is -2.56. The van der Waals surface area contributed by atoms with Crippen molar-refractivity contribution in [3.8, 4) is 17.2 Å². The van der Waals surface area contributed by atoms with Gasteiger partial charge in [0.25, 0.3) is 5.91 Å². The van der Waals surface area contributed by atoms with Crippen LogP contribution >= 0.6 is 11.3 Å². The number of carbonyl (C=O) groups excluding carboxylic acids is 1. The number of nitrogens with zero attached hydrogens (tertiary/aromatic N) is 2. The first-order valence-corrected chi connectivity index (χ1v) is 13.0. The van der Waals surface area contributed by atoms with Gasteiger partial charge < -0.3 is 19.5 Å². The van der Waals surface area contributed by atoms with Crippen LogP contribution in [0.25, 0.3) is 10.2 Å². The third-order valence-corrected chi connectivity index (χ3v) is 8.38. The fourth-order valence-corrected chi connectivity index (χ4v) is 6.75. The third kappa shape index (κ3) is 4.69. The molecule has 2 bridgehead atoms. The van der Waals surface area contributed by atoms with Crippen LogP contribution in [0, 0.1) is 6.92 Å². The molecule has 0 aliphatic carbocycles. The number of hydrogen-bond donors (Lipinski definition) is 1. The molecule has 1 N–H and O–H groups in total. The van der Waals surface area contributed by atoms with Crippen molar-refractivity contribution in [1.29, 1.82) is 0 Å². The third-order valence-electron chi connectivity index (χ3n) is 7.37. The lowest BCUT2D eigenvalue weighted by atomic mass is 9.81. The zero-order valence-corrected chi connectivity index (χ0v) is 21.6. The molecular formula is C27H33N3O4S. The Hall–Kier alpha value is -2.84. The van der Waals surface area contributed by atoms with Gasteiger partial charge >= 0.3 is 0 Å². The molecule has 7 nitrogen and oxygen atoms in total. The van der Waals surface area contributed by atoms with Gasteiger partial charge in [0.1, 0.15) is 5.01 Å². The molecule has 2 aliphatic heterocycles. The number of methoxy groups -OCH3 is 3. The molecule has 0 saturated carbocycles. The molecule has 2 unspecified atom stereocenters. The highest BCUT2D eigenvalue weighted by molar-refractivity contribution is 7.18. The normalized spacial score (nSPS) is 22.1. The maximum absolute atomic E-state index is 13.2. The van der Waals surface area contributed by atoms with Gasteiger partial charge in [-0.1, -0.05) is 18.6 Å². The average Bonchev–Trinajstić information content (AvgIpc) is 3.27. The number of ether oxygens (including phenoxy) is 3. The highest BCUT2D eigenvalue weighted by atomic mass is 32.1. The Morgan fingerprint density at radius 1 is 1.09 bits per heavy atom. The largest absolute Gasteiger partial charge is 0.493 e. The standard InChI is InChI=1S/C27H33N3O4S/c1-16-7-5-10-23-25(16)29-24(35-23)15-30-19-8-6-9-20(30)14-18(13-19)28-27(31)17-11-21(32-2)26(34-4)22(12-17)33-3/h5,7,10-12,18-20H,6,8-9,13-15H2,1-4H3,(H,28,31). The van der Waals surface area contributed by atoms with Gasteiger partial charge in [-0.3, -0.25) is 9.69 Å². The van der Waals surface area contributed by atoms with Crippen molar-refractivity contribution in [2.75, 3.05) is 21.3 Å². The van der Waals surface area contributed by atoms with Crippen LogP contribution in [0.15, 0.2) is 30.3 Å². The van der Waals surface area contributed by atoms with E-state index in [0.717, 1.165) is 37.7 Å². The van der Waals surface area contributed by atoms with Crippen LogP contribution in [-0.4, -0.2) is 55.2 Å². The molecule has 2 saturated heterocycles. The van der Waals surface area contributed by atoms with Crippen LogP contribution in [0.5, 0.6) is 17.2 Å². The first-order valence-electron chi connectivity index (χ1n) is 12.2.